The largest absolute Gasteiger partial charge is 0.365 e. The van der Waals surface area contributed by atoms with Crippen LogP contribution in [0.1, 0.15) is 65.7 Å². The Morgan fingerprint density at radius 2 is 1.85 bits per heavy atom. The second-order valence-electron chi connectivity index (χ2n) is 8.16. The summed E-state index contributed by atoms with van der Waals surface area (Å²) in [6, 6.07) is 0. The summed E-state index contributed by atoms with van der Waals surface area (Å²) in [4.78, 5) is 28.1. The molecule has 0 bridgehead atoms. The Balaban J connectivity index is 1.40. The van der Waals surface area contributed by atoms with E-state index in [9.17, 15) is 9.59 Å². The van der Waals surface area contributed by atoms with Gasteiger partial charge in [-0.15, -0.1) is 11.3 Å². The lowest BCUT2D eigenvalue weighted by Crippen LogP contribution is -2.44. The number of amides is 2. The van der Waals surface area contributed by atoms with Gasteiger partial charge in [-0.05, 0) is 62.5 Å². The Kier molecular flexibility index (Phi) is 5.32. The predicted molar refractivity (Wildman–Crippen MR) is 105 cm³/mol. The summed E-state index contributed by atoms with van der Waals surface area (Å²) in [6.07, 6.45) is 10.7. The number of nitrogens with two attached hydrogens (primary N) is 1. The Hall–Kier alpha value is -1.40. The van der Waals surface area contributed by atoms with Crippen LogP contribution in [0.15, 0.2) is 0 Å². The van der Waals surface area contributed by atoms with Crippen LogP contribution >= 0.6 is 11.3 Å². The van der Waals surface area contributed by atoms with Crippen LogP contribution in [0.5, 0.6) is 0 Å². The van der Waals surface area contributed by atoms with Crippen molar-refractivity contribution in [3.8, 4) is 0 Å². The van der Waals surface area contributed by atoms with Crippen LogP contribution in [0, 0.1) is 11.8 Å². The molecule has 26 heavy (non-hydrogen) atoms. The number of piperidine rings is 1. The summed E-state index contributed by atoms with van der Waals surface area (Å²) >= 11 is 1.55. The van der Waals surface area contributed by atoms with E-state index in [4.69, 9.17) is 5.73 Å². The van der Waals surface area contributed by atoms with E-state index in [0.29, 0.717) is 17.1 Å². The third-order valence-corrected chi connectivity index (χ3v) is 7.62. The molecule has 1 aromatic rings. The molecule has 4 rings (SSSR count). The molecule has 0 unspecified atom stereocenters. The van der Waals surface area contributed by atoms with Crippen LogP contribution < -0.4 is 11.1 Å². The number of anilines is 1. The van der Waals surface area contributed by atoms with Gasteiger partial charge in [-0.25, -0.2) is 0 Å². The quantitative estimate of drug-likeness (QED) is 0.849. The maximum atomic E-state index is 12.6. The van der Waals surface area contributed by atoms with Gasteiger partial charge in [0.1, 0.15) is 5.00 Å². The molecule has 3 aliphatic rings. The molecule has 1 aliphatic heterocycles. The van der Waals surface area contributed by atoms with Crippen molar-refractivity contribution in [2.45, 2.75) is 57.8 Å². The first-order chi connectivity index (χ1) is 12.6. The molecule has 5 nitrogen and oxygen atoms in total. The molecule has 1 saturated heterocycles. The number of hydrogen-bond donors (Lipinski definition) is 2. The average Bonchev–Trinajstić information content (AvgIpc) is 2.99. The minimum atomic E-state index is -0.414. The molecule has 2 fully saturated rings. The van der Waals surface area contributed by atoms with E-state index >= 15 is 0 Å². The fourth-order valence-corrected chi connectivity index (χ4v) is 6.41. The maximum absolute atomic E-state index is 12.6. The summed E-state index contributed by atoms with van der Waals surface area (Å²) in [5.41, 5.74) is 7.26. The first-order valence-electron chi connectivity index (χ1n) is 10.1. The van der Waals surface area contributed by atoms with Crippen molar-refractivity contribution >= 4 is 28.2 Å². The third kappa shape index (κ3) is 3.67. The molecule has 6 heteroatoms. The molecule has 3 N–H and O–H groups in total. The summed E-state index contributed by atoms with van der Waals surface area (Å²) in [6.45, 7) is 2.48. The minimum absolute atomic E-state index is 0.0136. The number of carbonyl (C=O) groups is 2. The van der Waals surface area contributed by atoms with E-state index in [-0.39, 0.29) is 5.91 Å². The van der Waals surface area contributed by atoms with Gasteiger partial charge in [0, 0.05) is 11.4 Å². The van der Waals surface area contributed by atoms with Crippen LogP contribution in [-0.2, 0) is 17.6 Å². The van der Waals surface area contributed by atoms with E-state index in [2.05, 4.69) is 10.2 Å². The van der Waals surface area contributed by atoms with Crippen LogP contribution in [-0.4, -0.2) is 36.3 Å². The fraction of sp³-hybridized carbons (Fsp3) is 0.700. The van der Waals surface area contributed by atoms with Gasteiger partial charge in [0.15, 0.2) is 0 Å². The average molecular weight is 376 g/mol. The van der Waals surface area contributed by atoms with Crippen molar-refractivity contribution in [2.24, 2.45) is 17.6 Å². The van der Waals surface area contributed by atoms with Crippen LogP contribution in [0.3, 0.4) is 0 Å². The normalized spacial score (nSPS) is 26.0. The summed E-state index contributed by atoms with van der Waals surface area (Å²) < 4.78 is 0. The molecule has 1 aromatic heterocycles. The van der Waals surface area contributed by atoms with E-state index in [1.54, 1.807) is 11.3 Å². The number of likely N-dealkylation sites (tertiary alicyclic amines) is 1. The van der Waals surface area contributed by atoms with Crippen molar-refractivity contribution in [3.05, 3.63) is 16.0 Å². The van der Waals surface area contributed by atoms with Crippen molar-refractivity contribution in [3.63, 3.8) is 0 Å². The fourth-order valence-electron chi connectivity index (χ4n) is 5.10. The van der Waals surface area contributed by atoms with Gasteiger partial charge in [-0.2, -0.15) is 0 Å². The van der Waals surface area contributed by atoms with E-state index in [1.807, 2.05) is 0 Å². The predicted octanol–water partition coefficient (Wildman–Crippen LogP) is 3.18. The van der Waals surface area contributed by atoms with Crippen molar-refractivity contribution in [1.29, 1.82) is 0 Å². The topological polar surface area (TPSA) is 75.4 Å². The van der Waals surface area contributed by atoms with Gasteiger partial charge >= 0.3 is 0 Å². The number of thiophene rings is 1. The highest BCUT2D eigenvalue weighted by atomic mass is 32.1. The van der Waals surface area contributed by atoms with Crippen LogP contribution in [0.2, 0.25) is 0 Å². The number of nitrogens with one attached hydrogen (secondary N) is 1. The lowest BCUT2D eigenvalue weighted by Gasteiger charge is -2.41. The van der Waals surface area contributed by atoms with Crippen molar-refractivity contribution in [1.82, 2.24) is 4.90 Å². The maximum Gasteiger partial charge on any atom is 0.251 e. The molecule has 1 saturated carbocycles. The highest BCUT2D eigenvalue weighted by Crippen LogP contribution is 2.38. The lowest BCUT2D eigenvalue weighted by atomic mass is 9.75. The summed E-state index contributed by atoms with van der Waals surface area (Å²) in [7, 11) is 0. The Morgan fingerprint density at radius 1 is 1.08 bits per heavy atom. The zero-order valence-electron chi connectivity index (χ0n) is 15.4. The van der Waals surface area contributed by atoms with Gasteiger partial charge in [-0.3, -0.25) is 14.5 Å². The van der Waals surface area contributed by atoms with E-state index < -0.39 is 5.91 Å². The Morgan fingerprint density at radius 3 is 2.65 bits per heavy atom. The number of fused-ring (bicyclic) bond motifs is 2. The van der Waals surface area contributed by atoms with Crippen molar-refractivity contribution in [2.75, 3.05) is 25.0 Å². The molecule has 0 radical (unpaired) electrons. The lowest BCUT2D eigenvalue weighted by molar-refractivity contribution is -0.118. The summed E-state index contributed by atoms with van der Waals surface area (Å²) in [5, 5.41) is 3.67. The van der Waals surface area contributed by atoms with Gasteiger partial charge in [0.25, 0.3) is 5.91 Å². The van der Waals surface area contributed by atoms with E-state index in [0.717, 1.165) is 56.2 Å². The van der Waals surface area contributed by atoms with Crippen molar-refractivity contribution < 1.29 is 9.59 Å². The smallest absolute Gasteiger partial charge is 0.251 e. The number of rotatable bonds is 4. The molecule has 0 aromatic carbocycles. The molecule has 0 spiro atoms. The summed E-state index contributed by atoms with van der Waals surface area (Å²) in [5.74, 6) is 1.21. The van der Waals surface area contributed by atoms with Gasteiger partial charge in [-0.1, -0.05) is 19.3 Å². The second kappa shape index (κ2) is 7.69. The number of hydrogen-bond acceptors (Lipinski definition) is 4. The highest BCUT2D eigenvalue weighted by Gasteiger charge is 2.32. The highest BCUT2D eigenvalue weighted by molar-refractivity contribution is 7.17. The third-order valence-electron chi connectivity index (χ3n) is 6.41. The van der Waals surface area contributed by atoms with Crippen LogP contribution in [0.25, 0.3) is 0 Å². The first-order valence-corrected chi connectivity index (χ1v) is 10.9. The van der Waals surface area contributed by atoms with E-state index in [1.165, 1.54) is 37.0 Å². The monoisotopic (exact) mass is 375 g/mol. The SMILES string of the molecule is NC(=O)c1c(NC(=O)CN2CC[C@H]3CCCC[C@@H]3C2)sc2c1CCCC2. The molecule has 142 valence electrons. The molecule has 2 atom stereocenters. The zero-order chi connectivity index (χ0) is 18.1. The van der Waals surface area contributed by atoms with Gasteiger partial charge in [0.05, 0.1) is 12.1 Å². The molecule has 2 amide bonds. The number of carbonyl (C=O) groups excluding carboxylic acids is 2. The first kappa shape index (κ1) is 18.0. The standard InChI is InChI=1S/C20H29N3O2S/c21-19(25)18-15-7-3-4-8-16(15)26-20(18)22-17(24)12-23-10-9-13-5-1-2-6-14(13)11-23/h13-14H,1-12H2,(H2,21,25)(H,22,24)/t13-,14-/m1/s1. The minimum Gasteiger partial charge on any atom is -0.365 e. The molecule has 2 heterocycles. The second-order valence-corrected chi connectivity index (χ2v) is 9.26. The van der Waals surface area contributed by atoms with Gasteiger partial charge in [0.2, 0.25) is 5.91 Å². The Bertz CT molecular complexity index is 699. The number of nitrogens with zero attached hydrogens (tertiary/aromatic N) is 1. The molecular formula is C20H29N3O2S. The number of primary amides is 1. The molecule has 2 aliphatic carbocycles. The number of aryl methyl sites for hydroxylation is 1. The van der Waals surface area contributed by atoms with Gasteiger partial charge < -0.3 is 11.1 Å². The Labute approximate surface area is 159 Å². The molecular weight excluding hydrogens is 346 g/mol. The zero-order valence-corrected chi connectivity index (χ0v) is 16.2. The van der Waals surface area contributed by atoms with Crippen LogP contribution in [0.4, 0.5) is 5.00 Å².